The number of hydrogen-bond donors (Lipinski definition) is 1. The van der Waals surface area contributed by atoms with Gasteiger partial charge in [-0.05, 0) is 70.9 Å². The molecule has 0 unspecified atom stereocenters. The molecule has 0 saturated carbocycles. The summed E-state index contributed by atoms with van der Waals surface area (Å²) in [6.45, 7) is 6.30. The minimum Gasteiger partial charge on any atom is -0.497 e. The van der Waals surface area contributed by atoms with Gasteiger partial charge >= 0.3 is 0 Å². The first-order valence-corrected chi connectivity index (χ1v) is 9.21. The molecule has 0 aromatic heterocycles. The number of methoxy groups -OCH3 is 1. The number of hydrogen-bond acceptors (Lipinski definition) is 4. The third-order valence-electron chi connectivity index (χ3n) is 5.32. The summed E-state index contributed by atoms with van der Waals surface area (Å²) in [5.41, 5.74) is 0.711. The number of fused-ring (bicyclic) bond motifs is 1. The number of benzene rings is 1. The SMILES string of the molecule is COc1ccc2c(c1)[C@@H](NC(=O)CC1CCN(C)CC1)CC(C)(C)O2. The van der Waals surface area contributed by atoms with Crippen molar-refractivity contribution < 1.29 is 14.3 Å². The van der Waals surface area contributed by atoms with Crippen molar-refractivity contribution in [3.05, 3.63) is 23.8 Å². The molecule has 1 saturated heterocycles. The number of carbonyl (C=O) groups excluding carboxylic acids is 1. The topological polar surface area (TPSA) is 50.8 Å². The van der Waals surface area contributed by atoms with Crippen molar-refractivity contribution in [3.8, 4) is 11.5 Å². The quantitative estimate of drug-likeness (QED) is 0.910. The summed E-state index contributed by atoms with van der Waals surface area (Å²) in [6, 6.07) is 5.78. The van der Waals surface area contributed by atoms with Crippen LogP contribution in [-0.4, -0.2) is 43.7 Å². The molecule has 1 aromatic rings. The highest BCUT2D eigenvalue weighted by atomic mass is 16.5. The van der Waals surface area contributed by atoms with Crippen LogP contribution in [0.15, 0.2) is 18.2 Å². The van der Waals surface area contributed by atoms with Crippen LogP contribution in [0.5, 0.6) is 11.5 Å². The average Bonchev–Trinajstić information content (AvgIpc) is 2.55. The normalized spacial score (nSPS) is 23.4. The van der Waals surface area contributed by atoms with E-state index in [0.29, 0.717) is 12.3 Å². The number of likely N-dealkylation sites (tertiary alicyclic amines) is 1. The first kappa shape index (κ1) is 18.1. The lowest BCUT2D eigenvalue weighted by molar-refractivity contribution is -0.123. The number of nitrogens with zero attached hydrogens (tertiary/aromatic N) is 1. The van der Waals surface area contributed by atoms with Crippen molar-refractivity contribution in [1.82, 2.24) is 10.2 Å². The van der Waals surface area contributed by atoms with Crippen LogP contribution in [0.1, 0.15) is 51.1 Å². The molecule has 0 aliphatic carbocycles. The number of rotatable bonds is 4. The van der Waals surface area contributed by atoms with Crippen molar-refractivity contribution >= 4 is 5.91 Å². The van der Waals surface area contributed by atoms with Gasteiger partial charge in [0.25, 0.3) is 0 Å². The molecular weight excluding hydrogens is 316 g/mol. The second-order valence-corrected chi connectivity index (χ2v) is 8.04. The molecule has 1 atom stereocenters. The zero-order chi connectivity index (χ0) is 18.0. The fourth-order valence-electron chi connectivity index (χ4n) is 3.87. The van der Waals surface area contributed by atoms with Gasteiger partial charge in [-0.3, -0.25) is 4.79 Å². The second-order valence-electron chi connectivity index (χ2n) is 8.04. The molecule has 5 nitrogen and oxygen atoms in total. The molecule has 0 radical (unpaired) electrons. The van der Waals surface area contributed by atoms with Gasteiger partial charge in [-0.15, -0.1) is 0 Å². The van der Waals surface area contributed by atoms with Crippen LogP contribution in [0.4, 0.5) is 0 Å². The fraction of sp³-hybridized carbons (Fsp3) is 0.650. The summed E-state index contributed by atoms with van der Waals surface area (Å²) >= 11 is 0. The van der Waals surface area contributed by atoms with E-state index in [1.807, 2.05) is 18.2 Å². The van der Waals surface area contributed by atoms with Gasteiger partial charge in [0.2, 0.25) is 5.91 Å². The van der Waals surface area contributed by atoms with Crippen molar-refractivity contribution in [1.29, 1.82) is 0 Å². The van der Waals surface area contributed by atoms with E-state index in [2.05, 4.69) is 31.1 Å². The minimum atomic E-state index is -0.299. The third kappa shape index (κ3) is 4.46. The third-order valence-corrected chi connectivity index (χ3v) is 5.32. The van der Waals surface area contributed by atoms with Crippen molar-refractivity contribution in [2.45, 2.75) is 51.2 Å². The molecule has 3 rings (SSSR count). The summed E-state index contributed by atoms with van der Waals surface area (Å²) < 4.78 is 11.4. The molecule has 0 spiro atoms. The van der Waals surface area contributed by atoms with E-state index >= 15 is 0 Å². The van der Waals surface area contributed by atoms with Crippen LogP contribution in [0.3, 0.4) is 0 Å². The number of amides is 1. The highest BCUT2D eigenvalue weighted by Crippen LogP contribution is 2.41. The summed E-state index contributed by atoms with van der Waals surface area (Å²) in [4.78, 5) is 15.0. The van der Waals surface area contributed by atoms with E-state index in [1.54, 1.807) is 7.11 Å². The molecule has 1 amide bonds. The first-order chi connectivity index (χ1) is 11.9. The minimum absolute atomic E-state index is 0.0346. The van der Waals surface area contributed by atoms with Gasteiger partial charge < -0.3 is 19.7 Å². The van der Waals surface area contributed by atoms with Crippen molar-refractivity contribution in [2.75, 3.05) is 27.2 Å². The van der Waals surface area contributed by atoms with Crippen LogP contribution in [0.2, 0.25) is 0 Å². The molecule has 1 fully saturated rings. The Labute approximate surface area is 150 Å². The first-order valence-electron chi connectivity index (χ1n) is 9.21. The van der Waals surface area contributed by atoms with Crippen LogP contribution in [0, 0.1) is 5.92 Å². The van der Waals surface area contributed by atoms with Gasteiger partial charge in [0.15, 0.2) is 0 Å². The molecule has 2 aliphatic rings. The molecule has 2 aliphatic heterocycles. The van der Waals surface area contributed by atoms with Gasteiger partial charge in [-0.2, -0.15) is 0 Å². The lowest BCUT2D eigenvalue weighted by Crippen LogP contribution is -2.42. The molecule has 25 heavy (non-hydrogen) atoms. The Balaban J connectivity index is 1.69. The Bertz CT molecular complexity index is 621. The van der Waals surface area contributed by atoms with E-state index < -0.39 is 0 Å². The summed E-state index contributed by atoms with van der Waals surface area (Å²) in [6.07, 6.45) is 3.58. The van der Waals surface area contributed by atoms with E-state index in [-0.39, 0.29) is 17.6 Å². The standard InChI is InChI=1S/C20H30N2O3/c1-20(2)13-17(16-12-15(24-4)5-6-18(16)25-20)21-19(23)11-14-7-9-22(3)10-8-14/h5-6,12,14,17H,7-11,13H2,1-4H3,(H,21,23)/t17-/m0/s1. The van der Waals surface area contributed by atoms with Gasteiger partial charge in [0.1, 0.15) is 17.1 Å². The fourth-order valence-corrected chi connectivity index (χ4v) is 3.87. The van der Waals surface area contributed by atoms with Crippen LogP contribution in [-0.2, 0) is 4.79 Å². The Morgan fingerprint density at radius 1 is 1.36 bits per heavy atom. The zero-order valence-corrected chi connectivity index (χ0v) is 15.8. The van der Waals surface area contributed by atoms with Crippen LogP contribution < -0.4 is 14.8 Å². The molecule has 2 heterocycles. The largest absolute Gasteiger partial charge is 0.497 e. The maximum atomic E-state index is 12.6. The highest BCUT2D eigenvalue weighted by Gasteiger charge is 2.35. The van der Waals surface area contributed by atoms with Crippen molar-refractivity contribution in [3.63, 3.8) is 0 Å². The number of nitrogens with one attached hydrogen (secondary N) is 1. The second kappa shape index (κ2) is 7.24. The van der Waals surface area contributed by atoms with Gasteiger partial charge in [-0.1, -0.05) is 0 Å². The van der Waals surface area contributed by atoms with E-state index in [4.69, 9.17) is 9.47 Å². The van der Waals surface area contributed by atoms with Crippen LogP contribution in [0.25, 0.3) is 0 Å². The van der Waals surface area contributed by atoms with Crippen molar-refractivity contribution in [2.24, 2.45) is 5.92 Å². The van der Waals surface area contributed by atoms with Gasteiger partial charge in [0, 0.05) is 18.4 Å². The summed E-state index contributed by atoms with van der Waals surface area (Å²) in [5, 5.41) is 3.25. The lowest BCUT2D eigenvalue weighted by atomic mass is 9.88. The molecule has 0 bridgehead atoms. The van der Waals surface area contributed by atoms with Gasteiger partial charge in [0.05, 0.1) is 13.2 Å². The van der Waals surface area contributed by atoms with Crippen LogP contribution >= 0.6 is 0 Å². The van der Waals surface area contributed by atoms with E-state index in [9.17, 15) is 4.79 Å². The lowest BCUT2D eigenvalue weighted by Gasteiger charge is -2.38. The highest BCUT2D eigenvalue weighted by molar-refractivity contribution is 5.77. The Hall–Kier alpha value is -1.75. The number of carbonyl (C=O) groups is 1. The monoisotopic (exact) mass is 346 g/mol. The summed E-state index contributed by atoms with van der Waals surface area (Å²) in [5.74, 6) is 2.26. The van der Waals surface area contributed by atoms with Gasteiger partial charge in [-0.25, -0.2) is 0 Å². The molecule has 5 heteroatoms. The number of ether oxygens (including phenoxy) is 2. The molecule has 1 N–H and O–H groups in total. The zero-order valence-electron chi connectivity index (χ0n) is 15.8. The molecular formula is C20H30N2O3. The smallest absolute Gasteiger partial charge is 0.220 e. The Kier molecular flexibility index (Phi) is 5.23. The average molecular weight is 346 g/mol. The predicted octanol–water partition coefficient (Wildman–Crippen LogP) is 3.15. The predicted molar refractivity (Wildman–Crippen MR) is 98.0 cm³/mol. The molecule has 1 aromatic carbocycles. The maximum absolute atomic E-state index is 12.6. The van der Waals surface area contributed by atoms with E-state index in [0.717, 1.165) is 49.4 Å². The maximum Gasteiger partial charge on any atom is 0.220 e. The summed E-state index contributed by atoms with van der Waals surface area (Å²) in [7, 11) is 3.80. The van der Waals surface area contributed by atoms with E-state index in [1.165, 1.54) is 0 Å². The Morgan fingerprint density at radius 3 is 2.76 bits per heavy atom. The number of piperidine rings is 1. The Morgan fingerprint density at radius 2 is 2.08 bits per heavy atom. The molecule has 138 valence electrons.